The fourth-order valence-electron chi connectivity index (χ4n) is 4.78. The number of esters is 1. The third kappa shape index (κ3) is 6.53. The number of thiazole rings is 1. The van der Waals surface area contributed by atoms with Crippen LogP contribution in [0.1, 0.15) is 77.4 Å². The van der Waals surface area contributed by atoms with E-state index in [-0.39, 0.29) is 30.3 Å². The number of aliphatic hydroxyl groups is 2. The summed E-state index contributed by atoms with van der Waals surface area (Å²) in [6.45, 7) is 10.8. The molecule has 0 amide bonds. The van der Waals surface area contributed by atoms with Gasteiger partial charge in [0.15, 0.2) is 0 Å². The third-order valence-corrected chi connectivity index (χ3v) is 8.20. The highest BCUT2D eigenvalue weighted by Gasteiger charge is 2.44. The van der Waals surface area contributed by atoms with Crippen molar-refractivity contribution in [2.75, 3.05) is 0 Å². The average molecular weight is 494 g/mol. The number of aromatic nitrogens is 1. The highest BCUT2D eigenvalue weighted by molar-refractivity contribution is 7.09. The Morgan fingerprint density at radius 1 is 1.21 bits per heavy atom. The summed E-state index contributed by atoms with van der Waals surface area (Å²) in [5, 5.41) is 24.5. The van der Waals surface area contributed by atoms with Gasteiger partial charge in [0.1, 0.15) is 11.9 Å². The van der Waals surface area contributed by atoms with E-state index in [2.05, 4.69) is 4.98 Å². The average Bonchev–Trinajstić information content (AvgIpc) is 3.38. The van der Waals surface area contributed by atoms with E-state index in [0.29, 0.717) is 6.42 Å². The molecule has 0 bridgehead atoms. The van der Waals surface area contributed by atoms with Crippen LogP contribution in [0.2, 0.25) is 0 Å². The van der Waals surface area contributed by atoms with Crippen molar-refractivity contribution in [2.45, 2.75) is 104 Å². The molecule has 0 aromatic carbocycles. The van der Waals surface area contributed by atoms with E-state index in [1.165, 1.54) is 0 Å². The number of ketones is 1. The summed E-state index contributed by atoms with van der Waals surface area (Å²) in [5.41, 5.74) is 0.494. The van der Waals surface area contributed by atoms with Gasteiger partial charge in [-0.1, -0.05) is 34.1 Å². The molecule has 0 saturated carbocycles. The molecule has 0 radical (unpaired) electrons. The number of aryl methyl sites for hydroxylation is 1. The molecule has 34 heavy (non-hydrogen) atoms. The number of nitrogens with zero attached hydrogens (tertiary/aromatic N) is 1. The van der Waals surface area contributed by atoms with Crippen LogP contribution in [0.4, 0.5) is 0 Å². The van der Waals surface area contributed by atoms with Gasteiger partial charge in [0.25, 0.3) is 0 Å². The number of hydrogen-bond acceptors (Lipinski definition) is 8. The molecule has 2 N–H and O–H groups in total. The largest absolute Gasteiger partial charge is 0.458 e. The van der Waals surface area contributed by atoms with Gasteiger partial charge in [0.05, 0.1) is 47.0 Å². The van der Waals surface area contributed by atoms with Gasteiger partial charge >= 0.3 is 5.97 Å². The van der Waals surface area contributed by atoms with E-state index < -0.39 is 35.6 Å². The molecule has 7 nitrogen and oxygen atoms in total. The van der Waals surface area contributed by atoms with Crippen molar-refractivity contribution in [1.82, 2.24) is 4.98 Å². The molecule has 2 saturated heterocycles. The number of carbonyl (C=O) groups excluding carboxylic acids is 2. The number of hydrogen-bond donors (Lipinski definition) is 2. The Kier molecular flexibility index (Phi) is 8.71. The number of carbonyl (C=O) groups is 2. The molecule has 190 valence electrons. The van der Waals surface area contributed by atoms with Crippen molar-refractivity contribution in [1.29, 1.82) is 0 Å². The number of epoxide rings is 1. The molecule has 7 atom stereocenters. The Hall–Kier alpha value is -1.61. The standard InChI is InChI=1S/C26H39NO6S/c1-14-8-7-9-19-21(32-19)11-20(15(2)10-18-13-34-17(4)27-18)33-23(29)12-22(28)26(5,6)25(31)16(3)24(14)30/h10,13-14,16,19-22,24,28,30H,7-9,11-12H2,1-6H3/t14?,16-,19?,20+,21-,22+,24+/m1/s1. The summed E-state index contributed by atoms with van der Waals surface area (Å²) in [7, 11) is 0. The minimum atomic E-state index is -1.22. The van der Waals surface area contributed by atoms with E-state index in [1.807, 2.05) is 32.2 Å². The Morgan fingerprint density at radius 3 is 2.56 bits per heavy atom. The number of ether oxygens (including phenoxy) is 2. The number of rotatable bonds is 2. The molecule has 0 aliphatic carbocycles. The number of cyclic esters (lactones) is 1. The number of fused-ring (bicyclic) bond motifs is 1. The van der Waals surface area contributed by atoms with E-state index >= 15 is 0 Å². The normalized spacial score (nSPS) is 36.0. The van der Waals surface area contributed by atoms with Gasteiger partial charge in [-0.2, -0.15) is 0 Å². The molecule has 3 heterocycles. The van der Waals surface area contributed by atoms with Gasteiger partial charge in [-0.25, -0.2) is 4.98 Å². The lowest BCUT2D eigenvalue weighted by molar-refractivity contribution is -0.154. The highest BCUT2D eigenvalue weighted by Crippen LogP contribution is 2.36. The monoisotopic (exact) mass is 493 g/mol. The SMILES string of the molecule is CC(=Cc1csc(C)n1)[C@@H]1C[C@H]2OC2CCCC(C)[C@H](O)[C@@H](C)C(=O)C(C)(C)[C@@H](O)CC(=O)O1. The summed E-state index contributed by atoms with van der Waals surface area (Å²) in [5.74, 6) is -1.52. The van der Waals surface area contributed by atoms with Crippen LogP contribution in [-0.2, 0) is 19.1 Å². The van der Waals surface area contributed by atoms with E-state index in [0.717, 1.165) is 35.5 Å². The van der Waals surface area contributed by atoms with Gasteiger partial charge in [-0.3, -0.25) is 9.59 Å². The third-order valence-electron chi connectivity index (χ3n) is 7.41. The molecule has 2 fully saturated rings. The smallest absolute Gasteiger partial charge is 0.309 e. The predicted octanol–water partition coefficient (Wildman–Crippen LogP) is 4.09. The molecular formula is C26H39NO6S. The Bertz CT molecular complexity index is 909. The molecular weight excluding hydrogens is 454 g/mol. The Balaban J connectivity index is 1.81. The van der Waals surface area contributed by atoms with Crippen molar-refractivity contribution in [3.05, 3.63) is 21.7 Å². The molecule has 8 heteroatoms. The van der Waals surface area contributed by atoms with Gasteiger partial charge in [-0.05, 0) is 44.3 Å². The van der Waals surface area contributed by atoms with Crippen LogP contribution in [0, 0.1) is 24.2 Å². The quantitative estimate of drug-likeness (QED) is 0.472. The first kappa shape index (κ1) is 27.0. The predicted molar refractivity (Wildman–Crippen MR) is 131 cm³/mol. The fraction of sp³-hybridized carbons (Fsp3) is 0.731. The zero-order chi connectivity index (χ0) is 25.2. The maximum atomic E-state index is 13.2. The zero-order valence-electron chi connectivity index (χ0n) is 21.1. The second-order valence-corrected chi connectivity index (χ2v) is 11.7. The van der Waals surface area contributed by atoms with E-state index in [1.54, 1.807) is 32.1 Å². The topological polar surface area (TPSA) is 109 Å². The molecule has 2 aliphatic heterocycles. The first-order valence-corrected chi connectivity index (χ1v) is 13.1. The van der Waals surface area contributed by atoms with Crippen LogP contribution in [0.25, 0.3) is 6.08 Å². The lowest BCUT2D eigenvalue weighted by atomic mass is 9.73. The molecule has 2 aliphatic rings. The molecule has 3 rings (SSSR count). The van der Waals surface area contributed by atoms with Crippen molar-refractivity contribution >= 4 is 29.2 Å². The lowest BCUT2D eigenvalue weighted by Gasteiger charge is -2.34. The van der Waals surface area contributed by atoms with Gasteiger partial charge in [0.2, 0.25) is 0 Å². The van der Waals surface area contributed by atoms with Crippen molar-refractivity contribution in [3.63, 3.8) is 0 Å². The maximum absolute atomic E-state index is 13.2. The van der Waals surface area contributed by atoms with E-state index in [9.17, 15) is 19.8 Å². The highest BCUT2D eigenvalue weighted by atomic mass is 32.1. The van der Waals surface area contributed by atoms with Gasteiger partial charge in [0, 0.05) is 17.7 Å². The second kappa shape index (κ2) is 11.0. The van der Waals surface area contributed by atoms with Crippen LogP contribution in [-0.4, -0.2) is 57.5 Å². The van der Waals surface area contributed by atoms with Crippen LogP contribution in [0.5, 0.6) is 0 Å². The molecule has 0 spiro atoms. The Labute approximate surface area is 206 Å². The van der Waals surface area contributed by atoms with Crippen molar-refractivity contribution in [2.24, 2.45) is 17.3 Å². The summed E-state index contributed by atoms with van der Waals surface area (Å²) < 4.78 is 11.7. The van der Waals surface area contributed by atoms with Gasteiger partial charge < -0.3 is 19.7 Å². The minimum absolute atomic E-state index is 0.00770. The first-order valence-electron chi connectivity index (χ1n) is 12.3. The van der Waals surface area contributed by atoms with Gasteiger partial charge in [-0.15, -0.1) is 11.3 Å². The fourth-order valence-corrected chi connectivity index (χ4v) is 5.35. The number of aliphatic hydroxyl groups excluding tert-OH is 2. The van der Waals surface area contributed by atoms with Crippen LogP contribution >= 0.6 is 11.3 Å². The molecule has 1 aromatic heterocycles. The lowest BCUT2D eigenvalue weighted by Crippen LogP contribution is -2.45. The van der Waals surface area contributed by atoms with Crippen molar-refractivity contribution < 1.29 is 29.3 Å². The second-order valence-electron chi connectivity index (χ2n) is 10.6. The first-order chi connectivity index (χ1) is 15.9. The summed E-state index contributed by atoms with van der Waals surface area (Å²) in [4.78, 5) is 30.5. The molecule has 1 aromatic rings. The van der Waals surface area contributed by atoms with Crippen LogP contribution < -0.4 is 0 Å². The van der Waals surface area contributed by atoms with Crippen LogP contribution in [0.3, 0.4) is 0 Å². The van der Waals surface area contributed by atoms with Crippen molar-refractivity contribution in [3.8, 4) is 0 Å². The number of Topliss-reactive ketones (excluding diaryl/α,β-unsaturated/α-hetero) is 1. The summed E-state index contributed by atoms with van der Waals surface area (Å²) >= 11 is 1.56. The van der Waals surface area contributed by atoms with E-state index in [4.69, 9.17) is 9.47 Å². The summed E-state index contributed by atoms with van der Waals surface area (Å²) in [6.07, 6.45) is 2.28. The summed E-state index contributed by atoms with van der Waals surface area (Å²) in [6, 6.07) is 0. The van der Waals surface area contributed by atoms with Crippen LogP contribution in [0.15, 0.2) is 11.0 Å². The Morgan fingerprint density at radius 2 is 1.91 bits per heavy atom. The minimum Gasteiger partial charge on any atom is -0.458 e. The maximum Gasteiger partial charge on any atom is 0.309 e. The zero-order valence-corrected chi connectivity index (χ0v) is 21.9. The molecule has 2 unspecified atom stereocenters.